The Morgan fingerprint density at radius 3 is 2.43 bits per heavy atom. The molecule has 148 valence electrons. The lowest BCUT2D eigenvalue weighted by atomic mass is 9.88. The van der Waals surface area contributed by atoms with Crippen LogP contribution in [0.2, 0.25) is 0 Å². The number of carbonyl (C=O) groups excluding carboxylic acids is 2. The Bertz CT molecular complexity index is 787. The Balaban J connectivity index is 1.56. The first-order valence-electron chi connectivity index (χ1n) is 9.62. The Morgan fingerprint density at radius 2 is 1.71 bits per heavy atom. The lowest BCUT2D eigenvalue weighted by Gasteiger charge is -2.33. The van der Waals surface area contributed by atoms with Crippen molar-refractivity contribution in [3.63, 3.8) is 0 Å². The van der Waals surface area contributed by atoms with Gasteiger partial charge in [0.1, 0.15) is 6.54 Å². The number of anilines is 1. The van der Waals surface area contributed by atoms with Crippen LogP contribution in [-0.2, 0) is 16.1 Å². The summed E-state index contributed by atoms with van der Waals surface area (Å²) in [7, 11) is 1.27. The van der Waals surface area contributed by atoms with E-state index in [1.165, 1.54) is 12.7 Å². The number of para-hydroxylation sites is 1. The highest BCUT2D eigenvalue weighted by molar-refractivity contribution is 5.94. The maximum atomic E-state index is 12.1. The van der Waals surface area contributed by atoms with Gasteiger partial charge in [-0.2, -0.15) is 0 Å². The predicted octanol–water partition coefficient (Wildman–Crippen LogP) is 3.36. The van der Waals surface area contributed by atoms with Gasteiger partial charge in [-0.25, -0.2) is 4.79 Å². The average molecular weight is 381 g/mol. The van der Waals surface area contributed by atoms with Crippen LogP contribution in [0.5, 0.6) is 0 Å². The van der Waals surface area contributed by atoms with Gasteiger partial charge in [0.25, 0.3) is 0 Å². The second kappa shape index (κ2) is 9.90. The van der Waals surface area contributed by atoms with E-state index in [2.05, 4.69) is 50.6 Å². The van der Waals surface area contributed by atoms with E-state index in [0.717, 1.165) is 43.7 Å². The molecule has 2 N–H and O–H groups in total. The standard InChI is InChI=1S/C22H27N3O3/c1-28-22(27)23-15-21(26)24-20-10-6-5-9-19(20)18-11-13-25(14-12-18)16-17-7-3-2-4-8-17/h2-10,18H,11-16H2,1H3,(H,23,27)(H,24,26). The summed E-state index contributed by atoms with van der Waals surface area (Å²) in [5.74, 6) is 0.149. The molecule has 0 saturated carbocycles. The number of nitrogens with one attached hydrogen (secondary N) is 2. The molecule has 0 unspecified atom stereocenters. The summed E-state index contributed by atoms with van der Waals surface area (Å²) in [4.78, 5) is 25.7. The molecule has 0 aromatic heterocycles. The Labute approximate surface area is 165 Å². The highest BCUT2D eigenvalue weighted by Gasteiger charge is 2.23. The molecule has 0 radical (unpaired) electrons. The number of methoxy groups -OCH3 is 1. The number of piperidine rings is 1. The van der Waals surface area contributed by atoms with Crippen molar-refractivity contribution in [3.05, 3.63) is 65.7 Å². The van der Waals surface area contributed by atoms with Crippen LogP contribution >= 0.6 is 0 Å². The minimum Gasteiger partial charge on any atom is -0.453 e. The van der Waals surface area contributed by atoms with E-state index in [9.17, 15) is 9.59 Å². The van der Waals surface area contributed by atoms with Gasteiger partial charge in [-0.05, 0) is 49.0 Å². The zero-order valence-corrected chi connectivity index (χ0v) is 16.2. The molecule has 1 heterocycles. The van der Waals surface area contributed by atoms with Crippen molar-refractivity contribution >= 4 is 17.7 Å². The largest absolute Gasteiger partial charge is 0.453 e. The second-order valence-electron chi connectivity index (χ2n) is 7.02. The number of rotatable bonds is 6. The maximum absolute atomic E-state index is 12.1. The minimum atomic E-state index is -0.616. The Morgan fingerprint density at radius 1 is 1.04 bits per heavy atom. The van der Waals surface area contributed by atoms with Crippen LogP contribution in [0.3, 0.4) is 0 Å². The van der Waals surface area contributed by atoms with Gasteiger partial charge in [-0.1, -0.05) is 48.5 Å². The van der Waals surface area contributed by atoms with Crippen LogP contribution in [-0.4, -0.2) is 43.6 Å². The maximum Gasteiger partial charge on any atom is 0.407 e. The van der Waals surface area contributed by atoms with Crippen LogP contribution in [0.15, 0.2) is 54.6 Å². The summed E-state index contributed by atoms with van der Waals surface area (Å²) in [6, 6.07) is 18.5. The first-order valence-corrected chi connectivity index (χ1v) is 9.62. The summed E-state index contributed by atoms with van der Waals surface area (Å²) >= 11 is 0. The van der Waals surface area contributed by atoms with E-state index in [4.69, 9.17) is 0 Å². The van der Waals surface area contributed by atoms with Gasteiger partial charge in [0.05, 0.1) is 7.11 Å². The fourth-order valence-electron chi connectivity index (χ4n) is 3.63. The van der Waals surface area contributed by atoms with E-state index in [-0.39, 0.29) is 12.5 Å². The van der Waals surface area contributed by atoms with Crippen molar-refractivity contribution in [2.24, 2.45) is 0 Å². The van der Waals surface area contributed by atoms with Gasteiger partial charge >= 0.3 is 6.09 Å². The smallest absolute Gasteiger partial charge is 0.407 e. The number of hydrogen-bond donors (Lipinski definition) is 2. The van der Waals surface area contributed by atoms with Gasteiger partial charge in [0.15, 0.2) is 0 Å². The van der Waals surface area contributed by atoms with Gasteiger partial charge in [0, 0.05) is 12.2 Å². The molecule has 1 saturated heterocycles. The van der Waals surface area contributed by atoms with Gasteiger partial charge in [-0.3, -0.25) is 9.69 Å². The zero-order valence-electron chi connectivity index (χ0n) is 16.2. The highest BCUT2D eigenvalue weighted by Crippen LogP contribution is 2.33. The van der Waals surface area contributed by atoms with E-state index in [0.29, 0.717) is 5.92 Å². The molecule has 1 aliphatic rings. The van der Waals surface area contributed by atoms with E-state index in [1.54, 1.807) is 0 Å². The number of hydrogen-bond acceptors (Lipinski definition) is 4. The third-order valence-corrected chi connectivity index (χ3v) is 5.09. The number of likely N-dealkylation sites (tertiary alicyclic amines) is 1. The fraction of sp³-hybridized carbons (Fsp3) is 0.364. The van der Waals surface area contributed by atoms with Crippen LogP contribution in [0.25, 0.3) is 0 Å². The van der Waals surface area contributed by atoms with Crippen LogP contribution in [0, 0.1) is 0 Å². The van der Waals surface area contributed by atoms with Gasteiger partial charge in [-0.15, -0.1) is 0 Å². The Kier molecular flexibility index (Phi) is 7.03. The number of nitrogens with zero attached hydrogens (tertiary/aromatic N) is 1. The fourth-order valence-corrected chi connectivity index (χ4v) is 3.63. The molecule has 1 aliphatic heterocycles. The van der Waals surface area contributed by atoms with Crippen LogP contribution in [0.4, 0.5) is 10.5 Å². The summed E-state index contributed by atoms with van der Waals surface area (Å²) < 4.78 is 4.49. The predicted molar refractivity (Wildman–Crippen MR) is 109 cm³/mol. The van der Waals surface area contributed by atoms with E-state index < -0.39 is 6.09 Å². The summed E-state index contributed by atoms with van der Waals surface area (Å²) in [5.41, 5.74) is 3.32. The van der Waals surface area contributed by atoms with Gasteiger partial charge < -0.3 is 15.4 Å². The molecule has 0 aliphatic carbocycles. The van der Waals surface area contributed by atoms with Crippen molar-refractivity contribution in [3.8, 4) is 0 Å². The topological polar surface area (TPSA) is 70.7 Å². The van der Waals surface area contributed by atoms with Crippen molar-refractivity contribution in [1.29, 1.82) is 0 Å². The lowest BCUT2D eigenvalue weighted by molar-refractivity contribution is -0.115. The van der Waals surface area contributed by atoms with Crippen molar-refractivity contribution in [2.45, 2.75) is 25.3 Å². The number of amides is 2. The number of carbonyl (C=O) groups is 2. The Hall–Kier alpha value is -2.86. The SMILES string of the molecule is COC(=O)NCC(=O)Nc1ccccc1C1CCN(Cc2ccccc2)CC1. The first kappa shape index (κ1) is 19.9. The average Bonchev–Trinajstić information content (AvgIpc) is 2.74. The van der Waals surface area contributed by atoms with Gasteiger partial charge in [0.2, 0.25) is 5.91 Å². The van der Waals surface area contributed by atoms with E-state index in [1.807, 2.05) is 24.3 Å². The number of alkyl carbamates (subject to hydrolysis) is 1. The number of benzene rings is 2. The molecule has 6 nitrogen and oxygen atoms in total. The minimum absolute atomic E-state index is 0.115. The molecule has 2 amide bonds. The molecule has 28 heavy (non-hydrogen) atoms. The zero-order chi connectivity index (χ0) is 19.8. The molecule has 3 rings (SSSR count). The quantitative estimate of drug-likeness (QED) is 0.805. The monoisotopic (exact) mass is 381 g/mol. The van der Waals surface area contributed by atoms with Crippen LogP contribution < -0.4 is 10.6 Å². The highest BCUT2D eigenvalue weighted by atomic mass is 16.5. The summed E-state index contributed by atoms with van der Waals surface area (Å²) in [5, 5.41) is 5.32. The molecule has 2 aromatic rings. The molecule has 0 atom stereocenters. The van der Waals surface area contributed by atoms with Crippen molar-refractivity contribution in [2.75, 3.05) is 32.1 Å². The third kappa shape index (κ3) is 5.57. The van der Waals surface area contributed by atoms with E-state index >= 15 is 0 Å². The normalized spacial score (nSPS) is 15.0. The molecule has 6 heteroatoms. The molecular formula is C22H27N3O3. The molecule has 0 bridgehead atoms. The van der Waals surface area contributed by atoms with Crippen LogP contribution in [0.1, 0.15) is 29.9 Å². The summed E-state index contributed by atoms with van der Waals surface area (Å²) in [6.07, 6.45) is 1.49. The lowest BCUT2D eigenvalue weighted by Crippen LogP contribution is -2.34. The second-order valence-corrected chi connectivity index (χ2v) is 7.02. The number of ether oxygens (including phenoxy) is 1. The molecular weight excluding hydrogens is 354 g/mol. The molecule has 1 fully saturated rings. The molecule has 0 spiro atoms. The van der Waals surface area contributed by atoms with Crippen molar-refractivity contribution < 1.29 is 14.3 Å². The molecule has 2 aromatic carbocycles. The summed E-state index contributed by atoms with van der Waals surface area (Å²) in [6.45, 7) is 2.93. The third-order valence-electron chi connectivity index (χ3n) is 5.09. The first-order chi connectivity index (χ1) is 13.7. The van der Waals surface area contributed by atoms with Crippen molar-refractivity contribution in [1.82, 2.24) is 10.2 Å².